The van der Waals surface area contributed by atoms with E-state index < -0.39 is 0 Å². The molecule has 0 amide bonds. The molecule has 0 spiro atoms. The van der Waals surface area contributed by atoms with Crippen molar-refractivity contribution in [2.24, 2.45) is 0 Å². The third-order valence-corrected chi connectivity index (χ3v) is 5.41. The van der Waals surface area contributed by atoms with Crippen molar-refractivity contribution in [1.29, 1.82) is 0 Å². The zero-order valence-electron chi connectivity index (χ0n) is 15.8. The molecule has 1 aromatic carbocycles. The fourth-order valence-electron chi connectivity index (χ4n) is 3.61. The summed E-state index contributed by atoms with van der Waals surface area (Å²) in [6.07, 6.45) is 4.30. The summed E-state index contributed by atoms with van der Waals surface area (Å²) in [7, 11) is 0. The molecule has 1 saturated carbocycles. The Labute approximate surface area is 155 Å². The highest BCUT2D eigenvalue weighted by atomic mass is 15.3. The molecule has 0 aliphatic heterocycles. The minimum Gasteiger partial charge on any atom is -0.313 e. The average molecular weight is 346 g/mol. The zero-order valence-corrected chi connectivity index (χ0v) is 15.8. The lowest BCUT2D eigenvalue weighted by Crippen LogP contribution is -2.27. The van der Waals surface area contributed by atoms with E-state index in [1.807, 2.05) is 18.3 Å². The Morgan fingerprint density at radius 2 is 1.77 bits per heavy atom. The van der Waals surface area contributed by atoms with E-state index in [4.69, 9.17) is 0 Å². The second kappa shape index (κ2) is 6.67. The SMILES string of the molecule is C[C@@H](Cn1c(C2CC2)nnc1C(C)(C)c1ccccn1)c1ccccc1. The molecule has 134 valence electrons. The molecule has 1 atom stereocenters. The molecule has 1 aliphatic carbocycles. The van der Waals surface area contributed by atoms with Gasteiger partial charge in [-0.3, -0.25) is 4.98 Å². The largest absolute Gasteiger partial charge is 0.313 e. The van der Waals surface area contributed by atoms with Crippen LogP contribution < -0.4 is 0 Å². The Bertz CT molecular complexity index is 864. The van der Waals surface area contributed by atoms with Crippen LogP contribution in [-0.4, -0.2) is 19.7 Å². The van der Waals surface area contributed by atoms with E-state index in [1.165, 1.54) is 18.4 Å². The van der Waals surface area contributed by atoms with Gasteiger partial charge in [0.15, 0.2) is 0 Å². The number of nitrogens with zero attached hydrogens (tertiary/aromatic N) is 4. The van der Waals surface area contributed by atoms with Crippen LogP contribution in [-0.2, 0) is 12.0 Å². The lowest BCUT2D eigenvalue weighted by molar-refractivity contribution is 0.484. The van der Waals surface area contributed by atoms with Gasteiger partial charge < -0.3 is 4.57 Å². The van der Waals surface area contributed by atoms with E-state index in [0.29, 0.717) is 11.8 Å². The first kappa shape index (κ1) is 17.0. The maximum atomic E-state index is 4.65. The lowest BCUT2D eigenvalue weighted by Gasteiger charge is -2.26. The van der Waals surface area contributed by atoms with Crippen molar-refractivity contribution in [3.8, 4) is 0 Å². The molecule has 1 fully saturated rings. The molecule has 3 aromatic rings. The topological polar surface area (TPSA) is 43.6 Å². The molecule has 0 radical (unpaired) electrons. The smallest absolute Gasteiger partial charge is 0.144 e. The number of hydrogen-bond donors (Lipinski definition) is 0. The third kappa shape index (κ3) is 3.16. The van der Waals surface area contributed by atoms with Crippen molar-refractivity contribution in [3.63, 3.8) is 0 Å². The summed E-state index contributed by atoms with van der Waals surface area (Å²) in [5.74, 6) is 3.13. The van der Waals surface area contributed by atoms with Crippen LogP contribution in [0, 0.1) is 0 Å². The van der Waals surface area contributed by atoms with Crippen LogP contribution >= 0.6 is 0 Å². The van der Waals surface area contributed by atoms with Crippen LogP contribution in [0.1, 0.15) is 68.4 Å². The van der Waals surface area contributed by atoms with E-state index in [9.17, 15) is 0 Å². The molecule has 0 N–H and O–H groups in total. The molecule has 0 unspecified atom stereocenters. The van der Waals surface area contributed by atoms with E-state index in [0.717, 1.165) is 23.9 Å². The molecule has 26 heavy (non-hydrogen) atoms. The Balaban J connectivity index is 1.72. The number of pyridine rings is 1. The Hall–Kier alpha value is -2.49. The first-order valence-electron chi connectivity index (χ1n) is 9.47. The zero-order chi connectivity index (χ0) is 18.1. The summed E-state index contributed by atoms with van der Waals surface area (Å²) in [4.78, 5) is 4.59. The van der Waals surface area contributed by atoms with Crippen molar-refractivity contribution < 1.29 is 0 Å². The summed E-state index contributed by atoms with van der Waals surface area (Å²) in [6, 6.07) is 16.8. The fourth-order valence-corrected chi connectivity index (χ4v) is 3.61. The number of hydrogen-bond acceptors (Lipinski definition) is 3. The highest BCUT2D eigenvalue weighted by Crippen LogP contribution is 2.41. The molecule has 0 saturated heterocycles. The van der Waals surface area contributed by atoms with Crippen LogP contribution in [0.5, 0.6) is 0 Å². The van der Waals surface area contributed by atoms with Crippen LogP contribution in [0.3, 0.4) is 0 Å². The summed E-state index contributed by atoms with van der Waals surface area (Å²) in [5, 5.41) is 9.25. The average Bonchev–Trinajstić information content (AvgIpc) is 3.43. The number of rotatable bonds is 6. The third-order valence-electron chi connectivity index (χ3n) is 5.41. The van der Waals surface area contributed by atoms with Gasteiger partial charge >= 0.3 is 0 Å². The van der Waals surface area contributed by atoms with E-state index >= 15 is 0 Å². The Kier molecular flexibility index (Phi) is 4.35. The fraction of sp³-hybridized carbons (Fsp3) is 0.409. The van der Waals surface area contributed by atoms with Crippen LogP contribution in [0.4, 0.5) is 0 Å². The molecule has 4 heteroatoms. The summed E-state index contributed by atoms with van der Waals surface area (Å²) >= 11 is 0. The minimum atomic E-state index is -0.280. The van der Waals surface area contributed by atoms with Crippen molar-refractivity contribution in [1.82, 2.24) is 19.7 Å². The highest BCUT2D eigenvalue weighted by molar-refractivity contribution is 5.27. The molecule has 4 rings (SSSR count). The van der Waals surface area contributed by atoms with Gasteiger partial charge in [-0.05, 0) is 50.3 Å². The maximum Gasteiger partial charge on any atom is 0.144 e. The van der Waals surface area contributed by atoms with Gasteiger partial charge in [-0.2, -0.15) is 0 Å². The quantitative estimate of drug-likeness (QED) is 0.651. The van der Waals surface area contributed by atoms with Gasteiger partial charge in [-0.25, -0.2) is 0 Å². The first-order valence-corrected chi connectivity index (χ1v) is 9.47. The van der Waals surface area contributed by atoms with Gasteiger partial charge in [0.25, 0.3) is 0 Å². The van der Waals surface area contributed by atoms with Gasteiger partial charge in [0.05, 0.1) is 11.1 Å². The summed E-state index contributed by atoms with van der Waals surface area (Å²) in [6.45, 7) is 7.57. The first-order chi connectivity index (χ1) is 12.6. The molecular formula is C22H26N4. The summed E-state index contributed by atoms with van der Waals surface area (Å²) < 4.78 is 2.37. The highest BCUT2D eigenvalue weighted by Gasteiger charge is 2.36. The van der Waals surface area contributed by atoms with Gasteiger partial charge in [-0.1, -0.05) is 43.3 Å². The normalized spacial score (nSPS) is 15.8. The predicted molar refractivity (Wildman–Crippen MR) is 103 cm³/mol. The van der Waals surface area contributed by atoms with Crippen molar-refractivity contribution >= 4 is 0 Å². The van der Waals surface area contributed by atoms with Gasteiger partial charge in [0, 0.05) is 18.7 Å². The van der Waals surface area contributed by atoms with Crippen molar-refractivity contribution in [2.75, 3.05) is 0 Å². The van der Waals surface area contributed by atoms with Crippen LogP contribution in [0.25, 0.3) is 0 Å². The van der Waals surface area contributed by atoms with Crippen molar-refractivity contribution in [3.05, 3.63) is 77.6 Å². The molecule has 4 nitrogen and oxygen atoms in total. The van der Waals surface area contributed by atoms with Gasteiger partial charge in [-0.15, -0.1) is 10.2 Å². The molecule has 2 aromatic heterocycles. The predicted octanol–water partition coefficient (Wildman–Crippen LogP) is 4.68. The van der Waals surface area contributed by atoms with Crippen LogP contribution in [0.15, 0.2) is 54.7 Å². The summed E-state index contributed by atoms with van der Waals surface area (Å²) in [5.41, 5.74) is 2.10. The second-order valence-electron chi connectivity index (χ2n) is 7.92. The molecule has 1 aliphatic rings. The molecule has 2 heterocycles. The minimum absolute atomic E-state index is 0.280. The van der Waals surface area contributed by atoms with Gasteiger partial charge in [0.2, 0.25) is 0 Å². The van der Waals surface area contributed by atoms with Gasteiger partial charge in [0.1, 0.15) is 11.6 Å². The number of benzene rings is 1. The second-order valence-corrected chi connectivity index (χ2v) is 7.92. The van der Waals surface area contributed by atoms with Crippen LogP contribution in [0.2, 0.25) is 0 Å². The van der Waals surface area contributed by atoms with E-state index in [2.05, 4.69) is 76.9 Å². The monoisotopic (exact) mass is 346 g/mol. The Morgan fingerprint density at radius 3 is 2.42 bits per heavy atom. The van der Waals surface area contributed by atoms with E-state index in [1.54, 1.807) is 0 Å². The maximum absolute atomic E-state index is 4.65. The number of aromatic nitrogens is 4. The van der Waals surface area contributed by atoms with E-state index in [-0.39, 0.29) is 5.41 Å². The van der Waals surface area contributed by atoms with Crippen molar-refractivity contribution in [2.45, 2.75) is 57.4 Å². The molecule has 0 bridgehead atoms. The lowest BCUT2D eigenvalue weighted by atomic mass is 9.87. The standard InChI is InChI=1S/C22H26N4/c1-16(17-9-5-4-6-10-17)15-26-20(18-12-13-18)24-25-21(26)22(2,3)19-11-7-8-14-23-19/h4-11,14,16,18H,12-13,15H2,1-3H3/t16-/m0/s1. The molecular weight excluding hydrogens is 320 g/mol. The Morgan fingerprint density at radius 1 is 1.04 bits per heavy atom.